The van der Waals surface area contributed by atoms with Gasteiger partial charge < -0.3 is 19.7 Å². The number of nitrogens with zero attached hydrogens (tertiary/aromatic N) is 1. The highest BCUT2D eigenvalue weighted by Crippen LogP contribution is 2.46. The molecule has 1 aliphatic heterocycles. The molecule has 1 amide bonds. The Kier molecular flexibility index (Phi) is 6.90. The van der Waals surface area contributed by atoms with E-state index in [0.717, 1.165) is 12.1 Å². The SMILES string of the molecule is CCOc1cc(C2/C(=C(\O)c3cc(F)ccc3OC)C(=O)C(=O)N2c2cc(Cl)ccc2C)ccc1O. The van der Waals surface area contributed by atoms with Crippen LogP contribution < -0.4 is 14.4 Å². The normalized spacial score (nSPS) is 16.9. The molecule has 0 bridgehead atoms. The summed E-state index contributed by atoms with van der Waals surface area (Å²) in [4.78, 5) is 28.0. The molecule has 0 aliphatic carbocycles. The van der Waals surface area contributed by atoms with Crippen molar-refractivity contribution < 1.29 is 33.7 Å². The number of anilines is 1. The second-order valence-corrected chi connectivity index (χ2v) is 8.54. The molecule has 9 heteroatoms. The van der Waals surface area contributed by atoms with Gasteiger partial charge in [0.2, 0.25) is 0 Å². The summed E-state index contributed by atoms with van der Waals surface area (Å²) < 4.78 is 24.9. The van der Waals surface area contributed by atoms with E-state index in [-0.39, 0.29) is 35.0 Å². The number of methoxy groups -OCH3 is 1. The Bertz CT molecular complexity index is 1400. The fourth-order valence-corrected chi connectivity index (χ4v) is 4.39. The molecule has 1 saturated heterocycles. The summed E-state index contributed by atoms with van der Waals surface area (Å²) in [6.45, 7) is 3.74. The van der Waals surface area contributed by atoms with Gasteiger partial charge in [0.1, 0.15) is 17.3 Å². The van der Waals surface area contributed by atoms with Crippen LogP contribution in [0.5, 0.6) is 17.2 Å². The number of carbonyl (C=O) groups excluding carboxylic acids is 2. The zero-order chi connectivity index (χ0) is 26.1. The maximum absolute atomic E-state index is 14.1. The van der Waals surface area contributed by atoms with Crippen molar-refractivity contribution >= 4 is 34.7 Å². The second kappa shape index (κ2) is 9.91. The Hall–Kier alpha value is -4.04. The smallest absolute Gasteiger partial charge is 0.300 e. The van der Waals surface area contributed by atoms with Gasteiger partial charge in [0.25, 0.3) is 11.7 Å². The summed E-state index contributed by atoms with van der Waals surface area (Å²) in [5.41, 5.74) is 1.000. The van der Waals surface area contributed by atoms with Crippen LogP contribution in [-0.2, 0) is 9.59 Å². The van der Waals surface area contributed by atoms with E-state index in [1.807, 2.05) is 0 Å². The lowest BCUT2D eigenvalue weighted by molar-refractivity contribution is -0.132. The largest absolute Gasteiger partial charge is 0.507 e. The monoisotopic (exact) mass is 511 g/mol. The maximum Gasteiger partial charge on any atom is 0.300 e. The number of Topliss-reactive ketones (excluding diaryl/α,β-unsaturated/α-hetero) is 1. The van der Waals surface area contributed by atoms with Gasteiger partial charge in [0, 0.05) is 10.7 Å². The topological polar surface area (TPSA) is 96.3 Å². The zero-order valence-corrected chi connectivity index (χ0v) is 20.5. The number of ether oxygens (including phenoxy) is 2. The highest BCUT2D eigenvalue weighted by molar-refractivity contribution is 6.52. The molecule has 7 nitrogen and oxygen atoms in total. The van der Waals surface area contributed by atoms with E-state index < -0.39 is 29.3 Å². The van der Waals surface area contributed by atoms with E-state index >= 15 is 0 Å². The van der Waals surface area contributed by atoms with Gasteiger partial charge in [-0.15, -0.1) is 0 Å². The Balaban J connectivity index is 2.04. The molecule has 3 aromatic rings. The van der Waals surface area contributed by atoms with Crippen LogP contribution in [-0.4, -0.2) is 35.6 Å². The first-order chi connectivity index (χ1) is 17.2. The Morgan fingerprint density at radius 2 is 1.83 bits per heavy atom. The van der Waals surface area contributed by atoms with Crippen molar-refractivity contribution in [3.63, 3.8) is 0 Å². The van der Waals surface area contributed by atoms with E-state index in [4.69, 9.17) is 21.1 Å². The van der Waals surface area contributed by atoms with Gasteiger partial charge in [0.15, 0.2) is 11.5 Å². The highest BCUT2D eigenvalue weighted by atomic mass is 35.5. The molecular weight excluding hydrogens is 489 g/mol. The number of ketones is 1. The fraction of sp³-hybridized carbons (Fsp3) is 0.185. The first-order valence-corrected chi connectivity index (χ1v) is 11.4. The van der Waals surface area contributed by atoms with Crippen molar-refractivity contribution in [2.45, 2.75) is 19.9 Å². The van der Waals surface area contributed by atoms with Gasteiger partial charge in [0.05, 0.1) is 30.9 Å². The molecule has 1 heterocycles. The number of aromatic hydroxyl groups is 1. The zero-order valence-electron chi connectivity index (χ0n) is 19.7. The van der Waals surface area contributed by atoms with E-state index in [1.54, 1.807) is 32.0 Å². The van der Waals surface area contributed by atoms with Crippen molar-refractivity contribution in [2.24, 2.45) is 0 Å². The summed E-state index contributed by atoms with van der Waals surface area (Å²) in [6, 6.07) is 11.6. The number of rotatable bonds is 6. The van der Waals surface area contributed by atoms with Gasteiger partial charge in [-0.3, -0.25) is 14.5 Å². The predicted octanol–water partition coefficient (Wildman–Crippen LogP) is 5.53. The van der Waals surface area contributed by atoms with Crippen LogP contribution in [0.4, 0.5) is 10.1 Å². The van der Waals surface area contributed by atoms with Gasteiger partial charge in [-0.1, -0.05) is 23.7 Å². The van der Waals surface area contributed by atoms with E-state index in [2.05, 4.69) is 0 Å². The van der Waals surface area contributed by atoms with Crippen LogP contribution in [0.3, 0.4) is 0 Å². The number of benzene rings is 3. The third-order valence-electron chi connectivity index (χ3n) is 5.89. The average Bonchev–Trinajstić information content (AvgIpc) is 3.12. The molecule has 0 radical (unpaired) electrons. The summed E-state index contributed by atoms with van der Waals surface area (Å²) in [5, 5.41) is 21.9. The van der Waals surface area contributed by atoms with Gasteiger partial charge in [-0.05, 0) is 67.4 Å². The number of aliphatic hydroxyl groups excluding tert-OH is 1. The number of phenolic OH excluding ortho intramolecular Hbond substituents is 1. The number of phenols is 1. The summed E-state index contributed by atoms with van der Waals surface area (Å²) in [6.07, 6.45) is 0. The van der Waals surface area contributed by atoms with Crippen LogP contribution >= 0.6 is 11.6 Å². The lowest BCUT2D eigenvalue weighted by Gasteiger charge is -2.27. The second-order valence-electron chi connectivity index (χ2n) is 8.10. The number of hydrogen-bond acceptors (Lipinski definition) is 6. The number of aryl methyl sites for hydroxylation is 1. The van der Waals surface area contributed by atoms with Crippen LogP contribution in [0.25, 0.3) is 5.76 Å². The molecule has 1 unspecified atom stereocenters. The average molecular weight is 512 g/mol. The standard InChI is InChI=1S/C27H23ClFNO6/c1-4-36-22-11-15(6-9-20(22)31)24-23(25(32)18-13-17(29)8-10-21(18)35-3)26(33)27(34)30(24)19-12-16(28)7-5-14(19)2/h5-13,24,31-32H,4H2,1-3H3/b25-23+. The summed E-state index contributed by atoms with van der Waals surface area (Å²) in [7, 11) is 1.34. The fourth-order valence-electron chi connectivity index (χ4n) is 4.22. The minimum absolute atomic E-state index is 0.0906. The molecule has 4 rings (SSSR count). The molecule has 0 spiro atoms. The third kappa shape index (κ3) is 4.35. The maximum atomic E-state index is 14.1. The Labute approximate surface area is 212 Å². The Morgan fingerprint density at radius 3 is 2.53 bits per heavy atom. The first kappa shape index (κ1) is 25.1. The Morgan fingerprint density at radius 1 is 1.08 bits per heavy atom. The molecular formula is C27H23ClFNO6. The summed E-state index contributed by atoms with van der Waals surface area (Å²) in [5.74, 6) is -3.06. The molecule has 186 valence electrons. The van der Waals surface area contributed by atoms with Crippen LogP contribution in [0, 0.1) is 12.7 Å². The first-order valence-electron chi connectivity index (χ1n) is 11.0. The molecule has 1 fully saturated rings. The van der Waals surface area contributed by atoms with Crippen molar-refractivity contribution in [2.75, 3.05) is 18.6 Å². The molecule has 2 N–H and O–H groups in total. The van der Waals surface area contributed by atoms with Crippen molar-refractivity contribution in [3.8, 4) is 17.2 Å². The van der Waals surface area contributed by atoms with Crippen molar-refractivity contribution in [1.29, 1.82) is 0 Å². The van der Waals surface area contributed by atoms with Crippen molar-refractivity contribution in [1.82, 2.24) is 0 Å². The number of amides is 1. The highest BCUT2D eigenvalue weighted by Gasteiger charge is 2.48. The van der Waals surface area contributed by atoms with E-state index in [0.29, 0.717) is 21.8 Å². The number of halogens is 2. The van der Waals surface area contributed by atoms with Gasteiger partial charge in [-0.2, -0.15) is 0 Å². The molecule has 1 atom stereocenters. The molecule has 3 aromatic carbocycles. The lowest BCUT2D eigenvalue weighted by Crippen LogP contribution is -2.30. The van der Waals surface area contributed by atoms with Crippen LogP contribution in [0.2, 0.25) is 5.02 Å². The van der Waals surface area contributed by atoms with Gasteiger partial charge in [-0.25, -0.2) is 4.39 Å². The lowest BCUT2D eigenvalue weighted by atomic mass is 9.94. The van der Waals surface area contributed by atoms with E-state index in [1.165, 1.54) is 36.3 Å². The quantitative estimate of drug-likeness (QED) is 0.257. The molecule has 0 saturated carbocycles. The van der Waals surface area contributed by atoms with Gasteiger partial charge >= 0.3 is 0 Å². The number of hydrogen-bond donors (Lipinski definition) is 2. The van der Waals surface area contributed by atoms with Crippen LogP contribution in [0.15, 0.2) is 60.2 Å². The summed E-state index contributed by atoms with van der Waals surface area (Å²) >= 11 is 6.22. The number of carbonyl (C=O) groups is 2. The predicted molar refractivity (Wildman–Crippen MR) is 133 cm³/mol. The van der Waals surface area contributed by atoms with Crippen molar-refractivity contribution in [3.05, 3.63) is 87.7 Å². The molecule has 36 heavy (non-hydrogen) atoms. The minimum Gasteiger partial charge on any atom is -0.507 e. The number of aliphatic hydroxyl groups is 1. The van der Waals surface area contributed by atoms with Crippen LogP contribution in [0.1, 0.15) is 29.7 Å². The minimum atomic E-state index is -1.14. The van der Waals surface area contributed by atoms with E-state index in [9.17, 15) is 24.2 Å². The molecule has 1 aliphatic rings. The third-order valence-corrected chi connectivity index (χ3v) is 6.13. The molecule has 0 aromatic heterocycles.